The maximum absolute atomic E-state index is 11.7. The third kappa shape index (κ3) is 2.51. The van der Waals surface area contributed by atoms with Gasteiger partial charge in [-0.05, 0) is 27.7 Å². The van der Waals surface area contributed by atoms with Crippen LogP contribution in [0.25, 0.3) is 0 Å². The average molecular weight is 244 g/mol. The van der Waals surface area contributed by atoms with Gasteiger partial charge in [-0.15, -0.1) is 10.3 Å². The van der Waals surface area contributed by atoms with Gasteiger partial charge in [-0.2, -0.15) is 12.8 Å². The smallest absolute Gasteiger partial charge is 0.0175 e. The van der Waals surface area contributed by atoms with Crippen LogP contribution in [0.1, 0.15) is 40.5 Å². The molecule has 1 saturated heterocycles. The van der Waals surface area contributed by atoms with Crippen LogP contribution in [0.4, 0.5) is 0 Å². The molecule has 0 spiro atoms. The monoisotopic (exact) mass is 244 g/mol. The molecule has 2 nitrogen and oxygen atoms in total. The fraction of sp³-hybridized carbons (Fsp3) is 0.889. The Labute approximate surface area is 101 Å². The van der Waals surface area contributed by atoms with Gasteiger partial charge in [0.25, 0.3) is 0 Å². The van der Waals surface area contributed by atoms with Gasteiger partial charge < -0.3 is 6.42 Å². The Kier molecular flexibility index (Phi) is 4.38. The van der Waals surface area contributed by atoms with E-state index < -0.39 is 0 Å². The van der Waals surface area contributed by atoms with E-state index in [4.69, 9.17) is 0 Å². The second-order valence-electron chi connectivity index (χ2n) is 4.62. The topological polar surface area (TPSA) is 23.1 Å². The van der Waals surface area contributed by atoms with E-state index >= 15 is 0 Å². The number of rotatable bonds is 0. The molecule has 1 heterocycles. The van der Waals surface area contributed by atoms with Gasteiger partial charge in [-0.25, -0.2) is 0 Å². The summed E-state index contributed by atoms with van der Waals surface area (Å²) in [4.78, 5) is 0. The predicted octanol–water partition coefficient (Wildman–Crippen LogP) is 2.19. The van der Waals surface area contributed by atoms with Gasteiger partial charge >= 0.3 is 0 Å². The maximum atomic E-state index is 11.7. The first-order valence-electron chi connectivity index (χ1n) is 4.15. The minimum atomic E-state index is -0.207. The first-order valence-corrected chi connectivity index (χ1v) is 4.15. The van der Waals surface area contributed by atoms with E-state index in [0.29, 0.717) is 0 Å². The van der Waals surface area contributed by atoms with Crippen molar-refractivity contribution in [2.45, 2.75) is 51.6 Å². The molecule has 68 valence electrons. The zero-order valence-electron chi connectivity index (χ0n) is 8.42. The van der Waals surface area contributed by atoms with Crippen molar-refractivity contribution in [2.24, 2.45) is 0 Å². The summed E-state index contributed by atoms with van der Waals surface area (Å²) in [5.41, 5.74) is -0.413. The van der Waals surface area contributed by atoms with Crippen LogP contribution in [0.2, 0.25) is 0 Å². The molecule has 0 aliphatic carbocycles. The van der Waals surface area contributed by atoms with Gasteiger partial charge in [0.2, 0.25) is 0 Å². The molecule has 0 aromatic carbocycles. The Hall–Kier alpha value is 1.02. The molecule has 0 unspecified atom stereocenters. The van der Waals surface area contributed by atoms with Crippen molar-refractivity contribution in [3.8, 4) is 0 Å². The molecule has 0 N–H and O–H groups in total. The molecule has 0 saturated carbocycles. The molecule has 12 heavy (non-hydrogen) atoms. The predicted molar refractivity (Wildman–Crippen MR) is 44.2 cm³/mol. The van der Waals surface area contributed by atoms with E-state index in [-0.39, 0.29) is 43.8 Å². The number of hydroxylamine groups is 2. The summed E-state index contributed by atoms with van der Waals surface area (Å²) in [5, 5.41) is 12.9. The number of piperidine rings is 1. The van der Waals surface area contributed by atoms with Crippen LogP contribution in [0.15, 0.2) is 0 Å². The van der Waals surface area contributed by atoms with Crippen LogP contribution in [0, 0.1) is 6.42 Å². The van der Waals surface area contributed by atoms with E-state index in [1.165, 1.54) is 5.06 Å². The van der Waals surface area contributed by atoms with Crippen LogP contribution in [0.3, 0.4) is 0 Å². The van der Waals surface area contributed by atoms with Crippen molar-refractivity contribution in [3.63, 3.8) is 0 Å². The Morgan fingerprint density at radius 3 is 1.67 bits per heavy atom. The molecule has 0 aromatic rings. The maximum Gasteiger partial charge on any atom is 0.0175 e. The van der Waals surface area contributed by atoms with Crippen LogP contribution >= 0.6 is 0 Å². The molecule has 3 heteroatoms. The largest absolute Gasteiger partial charge is 0.325 e. The average Bonchev–Trinajstić information content (AvgIpc) is 1.82. The fourth-order valence-electron chi connectivity index (χ4n) is 1.76. The quantitative estimate of drug-likeness (QED) is 0.599. The summed E-state index contributed by atoms with van der Waals surface area (Å²) in [6, 6.07) is 0. The molecule has 1 aliphatic heterocycles. The zero-order valence-corrected chi connectivity index (χ0v) is 11.3. The molecular formula is C9H17NOY-. The Balaban J connectivity index is 0.00000121. The second kappa shape index (κ2) is 4.04. The third-order valence-corrected chi connectivity index (χ3v) is 2.39. The van der Waals surface area contributed by atoms with Gasteiger partial charge in [0, 0.05) is 43.8 Å². The third-order valence-electron chi connectivity index (χ3n) is 2.39. The molecule has 1 fully saturated rings. The summed E-state index contributed by atoms with van der Waals surface area (Å²) in [5.74, 6) is 0. The van der Waals surface area contributed by atoms with Gasteiger partial charge in [0.15, 0.2) is 0 Å². The van der Waals surface area contributed by atoms with Crippen LogP contribution < -0.4 is 0 Å². The summed E-state index contributed by atoms with van der Waals surface area (Å²) >= 11 is 0. The molecule has 1 rings (SSSR count). The zero-order chi connectivity index (χ0) is 8.70. The number of hydrogen-bond donors (Lipinski definition) is 0. The van der Waals surface area contributed by atoms with E-state index in [1.807, 2.05) is 27.7 Å². The molecule has 0 bridgehead atoms. The molecule has 0 aromatic heterocycles. The van der Waals surface area contributed by atoms with Crippen LogP contribution in [0.5, 0.6) is 0 Å². The van der Waals surface area contributed by atoms with Gasteiger partial charge in [-0.1, -0.05) is 0 Å². The Morgan fingerprint density at radius 1 is 1.08 bits per heavy atom. The van der Waals surface area contributed by atoms with E-state index in [2.05, 4.69) is 6.42 Å². The summed E-state index contributed by atoms with van der Waals surface area (Å²) < 4.78 is 0. The molecule has 0 atom stereocenters. The normalized spacial score (nSPS) is 27.8. The molecule has 0 amide bonds. The van der Waals surface area contributed by atoms with Crippen molar-refractivity contribution < 1.29 is 37.9 Å². The first-order chi connectivity index (χ1) is 4.86. The van der Waals surface area contributed by atoms with E-state index in [1.54, 1.807) is 0 Å². The summed E-state index contributed by atoms with van der Waals surface area (Å²) in [6.45, 7) is 7.99. The van der Waals surface area contributed by atoms with Crippen molar-refractivity contribution >= 4 is 0 Å². The second-order valence-corrected chi connectivity index (χ2v) is 4.62. The fourth-order valence-corrected chi connectivity index (χ4v) is 1.76. The Bertz CT molecular complexity index is 141. The molecule has 1 aliphatic rings. The van der Waals surface area contributed by atoms with E-state index in [9.17, 15) is 5.21 Å². The van der Waals surface area contributed by atoms with Crippen molar-refractivity contribution in [2.75, 3.05) is 0 Å². The number of hydrogen-bond acceptors (Lipinski definition) is 1. The Morgan fingerprint density at radius 2 is 1.42 bits per heavy atom. The van der Waals surface area contributed by atoms with E-state index in [0.717, 1.165) is 12.8 Å². The summed E-state index contributed by atoms with van der Waals surface area (Å²) in [6.07, 6.45) is 4.02. The number of nitrogens with zero attached hydrogens (tertiary/aromatic N) is 1. The summed E-state index contributed by atoms with van der Waals surface area (Å²) in [7, 11) is 0. The van der Waals surface area contributed by atoms with Gasteiger partial charge in [0.05, 0.1) is 0 Å². The van der Waals surface area contributed by atoms with Crippen LogP contribution in [-0.4, -0.2) is 16.1 Å². The van der Waals surface area contributed by atoms with Crippen molar-refractivity contribution in [1.29, 1.82) is 0 Å². The SMILES string of the molecule is CC1(C)C[CH-]CC(C)(C)N1[O].[Y]. The van der Waals surface area contributed by atoms with Gasteiger partial charge in [-0.3, -0.25) is 0 Å². The molecule has 2 radical (unpaired) electrons. The van der Waals surface area contributed by atoms with Crippen LogP contribution in [-0.2, 0) is 37.9 Å². The standard InChI is InChI=1S/C9H17NO.Y/c1-8(2)6-5-7-9(3,4)10(8)11;/h5H,6-7H2,1-4H3;/q-1;. The van der Waals surface area contributed by atoms with Crippen molar-refractivity contribution in [1.82, 2.24) is 5.06 Å². The first kappa shape index (κ1) is 13.0. The minimum Gasteiger partial charge on any atom is -0.325 e. The molecular weight excluding hydrogens is 227 g/mol. The minimum absolute atomic E-state index is 0. The van der Waals surface area contributed by atoms with Crippen molar-refractivity contribution in [3.05, 3.63) is 6.42 Å². The van der Waals surface area contributed by atoms with Gasteiger partial charge in [0.1, 0.15) is 0 Å².